The lowest BCUT2D eigenvalue weighted by Crippen LogP contribution is -2.36. The van der Waals surface area contributed by atoms with Crippen molar-refractivity contribution in [3.05, 3.63) is 53.6 Å². The van der Waals surface area contributed by atoms with E-state index in [1.54, 1.807) is 14.2 Å². The second-order valence-electron chi connectivity index (χ2n) is 7.57. The van der Waals surface area contributed by atoms with E-state index in [-0.39, 0.29) is 6.03 Å². The van der Waals surface area contributed by atoms with E-state index in [0.717, 1.165) is 29.7 Å². The van der Waals surface area contributed by atoms with Crippen LogP contribution in [0.5, 0.6) is 17.2 Å². The fourth-order valence-electron chi connectivity index (χ4n) is 3.66. The standard InChI is InChI=1S/C24H32N2O4/c1-28-22-13-10-18(16-23(22)29-2)14-15-25-24(27)26-17-19-8-11-21(12-9-19)30-20-6-4-3-5-7-20/h8-13,16,20H,3-7,14-15,17H2,1-2H3,(H2,25,26,27). The first kappa shape index (κ1) is 21.8. The van der Waals surface area contributed by atoms with Crippen LogP contribution in [-0.4, -0.2) is 32.9 Å². The van der Waals surface area contributed by atoms with Gasteiger partial charge in [-0.3, -0.25) is 0 Å². The molecule has 0 atom stereocenters. The van der Waals surface area contributed by atoms with Crippen LogP contribution in [0, 0.1) is 0 Å². The number of carbonyl (C=O) groups excluding carboxylic acids is 1. The smallest absolute Gasteiger partial charge is 0.315 e. The number of amides is 2. The maximum Gasteiger partial charge on any atom is 0.315 e. The van der Waals surface area contributed by atoms with Gasteiger partial charge in [-0.05, 0) is 67.5 Å². The summed E-state index contributed by atoms with van der Waals surface area (Å²) in [5.74, 6) is 2.29. The molecule has 1 fully saturated rings. The summed E-state index contributed by atoms with van der Waals surface area (Å²) in [5.41, 5.74) is 2.11. The molecule has 2 N–H and O–H groups in total. The fourth-order valence-corrected chi connectivity index (χ4v) is 3.66. The molecule has 1 saturated carbocycles. The molecule has 0 unspecified atom stereocenters. The van der Waals surface area contributed by atoms with E-state index in [2.05, 4.69) is 10.6 Å². The molecule has 6 heteroatoms. The summed E-state index contributed by atoms with van der Waals surface area (Å²) in [4.78, 5) is 12.1. The van der Waals surface area contributed by atoms with Crippen molar-refractivity contribution >= 4 is 6.03 Å². The first-order valence-electron chi connectivity index (χ1n) is 10.7. The van der Waals surface area contributed by atoms with Crippen LogP contribution >= 0.6 is 0 Å². The Morgan fingerprint density at radius 2 is 1.60 bits per heavy atom. The maximum absolute atomic E-state index is 12.1. The molecule has 2 amide bonds. The summed E-state index contributed by atoms with van der Waals surface area (Å²) < 4.78 is 16.6. The zero-order valence-corrected chi connectivity index (χ0v) is 17.9. The molecular weight excluding hydrogens is 380 g/mol. The number of benzene rings is 2. The van der Waals surface area contributed by atoms with Crippen molar-refractivity contribution in [3.8, 4) is 17.2 Å². The van der Waals surface area contributed by atoms with E-state index in [0.29, 0.717) is 37.1 Å². The number of methoxy groups -OCH3 is 2. The van der Waals surface area contributed by atoms with E-state index in [4.69, 9.17) is 14.2 Å². The van der Waals surface area contributed by atoms with E-state index in [9.17, 15) is 4.79 Å². The quantitative estimate of drug-likeness (QED) is 0.638. The topological polar surface area (TPSA) is 68.8 Å². The SMILES string of the molecule is COc1ccc(CCNC(=O)NCc2ccc(OC3CCCCC3)cc2)cc1OC. The number of hydrogen-bond acceptors (Lipinski definition) is 4. The van der Waals surface area contributed by atoms with Crippen LogP contribution in [0.25, 0.3) is 0 Å². The lowest BCUT2D eigenvalue weighted by atomic mass is 9.98. The molecule has 6 nitrogen and oxygen atoms in total. The first-order chi connectivity index (χ1) is 14.7. The van der Waals surface area contributed by atoms with Crippen molar-refractivity contribution in [2.45, 2.75) is 51.2 Å². The Kier molecular flexibility index (Phi) is 8.24. The molecule has 0 aromatic heterocycles. The summed E-state index contributed by atoms with van der Waals surface area (Å²) in [6.45, 7) is 1.02. The van der Waals surface area contributed by atoms with Gasteiger partial charge in [0, 0.05) is 13.1 Å². The maximum atomic E-state index is 12.1. The third kappa shape index (κ3) is 6.58. The van der Waals surface area contributed by atoms with Gasteiger partial charge in [0.05, 0.1) is 20.3 Å². The Hall–Kier alpha value is -2.89. The van der Waals surface area contributed by atoms with Gasteiger partial charge in [-0.15, -0.1) is 0 Å². The van der Waals surface area contributed by atoms with Gasteiger partial charge in [0.15, 0.2) is 11.5 Å². The predicted molar refractivity (Wildman–Crippen MR) is 117 cm³/mol. The highest BCUT2D eigenvalue weighted by molar-refractivity contribution is 5.73. The minimum atomic E-state index is -0.182. The second-order valence-corrected chi connectivity index (χ2v) is 7.57. The van der Waals surface area contributed by atoms with Gasteiger partial charge >= 0.3 is 6.03 Å². The number of rotatable bonds is 9. The molecule has 0 aliphatic heterocycles. The van der Waals surface area contributed by atoms with Crippen LogP contribution in [0.3, 0.4) is 0 Å². The van der Waals surface area contributed by atoms with Crippen LogP contribution in [0.1, 0.15) is 43.2 Å². The summed E-state index contributed by atoms with van der Waals surface area (Å²) >= 11 is 0. The zero-order chi connectivity index (χ0) is 21.2. The number of urea groups is 1. The highest BCUT2D eigenvalue weighted by atomic mass is 16.5. The number of hydrogen-bond donors (Lipinski definition) is 2. The Morgan fingerprint density at radius 1 is 0.900 bits per heavy atom. The summed E-state index contributed by atoms with van der Waals surface area (Å²) in [7, 11) is 3.22. The largest absolute Gasteiger partial charge is 0.493 e. The third-order valence-electron chi connectivity index (χ3n) is 5.38. The van der Waals surface area contributed by atoms with E-state index in [1.165, 1.54) is 19.3 Å². The fraction of sp³-hybridized carbons (Fsp3) is 0.458. The normalized spacial score (nSPS) is 14.1. The average molecular weight is 413 g/mol. The number of nitrogens with one attached hydrogen (secondary N) is 2. The van der Waals surface area contributed by atoms with Gasteiger partial charge in [-0.25, -0.2) is 4.79 Å². The highest BCUT2D eigenvalue weighted by Gasteiger charge is 2.14. The first-order valence-corrected chi connectivity index (χ1v) is 10.7. The summed E-state index contributed by atoms with van der Waals surface area (Å²) in [5, 5.41) is 5.78. The molecule has 30 heavy (non-hydrogen) atoms. The lowest BCUT2D eigenvalue weighted by molar-refractivity contribution is 0.155. The van der Waals surface area contributed by atoms with Crippen LogP contribution in [0.4, 0.5) is 4.79 Å². The predicted octanol–water partition coefficient (Wildman–Crippen LogP) is 4.46. The molecule has 0 saturated heterocycles. The number of ether oxygens (including phenoxy) is 3. The Labute approximate surface area is 178 Å². The number of carbonyl (C=O) groups is 1. The Morgan fingerprint density at radius 3 is 2.30 bits per heavy atom. The van der Waals surface area contributed by atoms with Crippen molar-refractivity contribution in [1.82, 2.24) is 10.6 Å². The minimum absolute atomic E-state index is 0.182. The van der Waals surface area contributed by atoms with Crippen LogP contribution in [0.2, 0.25) is 0 Å². The van der Waals surface area contributed by atoms with Crippen molar-refractivity contribution in [3.63, 3.8) is 0 Å². The monoisotopic (exact) mass is 412 g/mol. The Bertz CT molecular complexity index is 801. The van der Waals surface area contributed by atoms with Crippen molar-refractivity contribution in [1.29, 1.82) is 0 Å². The van der Waals surface area contributed by atoms with Gasteiger partial charge in [0.1, 0.15) is 5.75 Å². The molecule has 0 bridgehead atoms. The molecule has 1 aliphatic carbocycles. The van der Waals surface area contributed by atoms with Gasteiger partial charge in [-0.1, -0.05) is 24.6 Å². The molecule has 0 radical (unpaired) electrons. The van der Waals surface area contributed by atoms with Crippen LogP contribution in [-0.2, 0) is 13.0 Å². The summed E-state index contributed by atoms with van der Waals surface area (Å²) in [6.07, 6.45) is 7.18. The third-order valence-corrected chi connectivity index (χ3v) is 5.38. The van der Waals surface area contributed by atoms with Gasteiger partial charge in [-0.2, -0.15) is 0 Å². The molecular formula is C24H32N2O4. The van der Waals surface area contributed by atoms with E-state index < -0.39 is 0 Å². The lowest BCUT2D eigenvalue weighted by Gasteiger charge is -2.23. The zero-order valence-electron chi connectivity index (χ0n) is 17.9. The summed E-state index contributed by atoms with van der Waals surface area (Å²) in [6, 6.07) is 13.6. The molecule has 1 aliphatic rings. The van der Waals surface area contributed by atoms with Crippen molar-refractivity contribution < 1.29 is 19.0 Å². The van der Waals surface area contributed by atoms with Crippen molar-refractivity contribution in [2.75, 3.05) is 20.8 Å². The van der Waals surface area contributed by atoms with Crippen LogP contribution in [0.15, 0.2) is 42.5 Å². The molecule has 2 aromatic carbocycles. The van der Waals surface area contributed by atoms with Crippen LogP contribution < -0.4 is 24.8 Å². The molecule has 162 valence electrons. The average Bonchev–Trinajstić information content (AvgIpc) is 2.79. The molecule has 0 heterocycles. The second kappa shape index (κ2) is 11.3. The van der Waals surface area contributed by atoms with Gasteiger partial charge < -0.3 is 24.8 Å². The van der Waals surface area contributed by atoms with E-state index >= 15 is 0 Å². The molecule has 0 spiro atoms. The van der Waals surface area contributed by atoms with Gasteiger partial charge in [0.25, 0.3) is 0 Å². The van der Waals surface area contributed by atoms with Crippen molar-refractivity contribution in [2.24, 2.45) is 0 Å². The molecule has 3 rings (SSSR count). The van der Waals surface area contributed by atoms with E-state index in [1.807, 2.05) is 42.5 Å². The highest BCUT2D eigenvalue weighted by Crippen LogP contribution is 2.27. The Balaban J connectivity index is 1.37. The molecule has 2 aromatic rings. The minimum Gasteiger partial charge on any atom is -0.493 e. The van der Waals surface area contributed by atoms with Gasteiger partial charge in [0.2, 0.25) is 0 Å².